The highest BCUT2D eigenvalue weighted by molar-refractivity contribution is 7.90. The van der Waals surface area contributed by atoms with E-state index in [2.05, 4.69) is 0 Å². The van der Waals surface area contributed by atoms with Gasteiger partial charge in [-0.2, -0.15) is 0 Å². The summed E-state index contributed by atoms with van der Waals surface area (Å²) < 4.78 is 10.1. The maximum Gasteiger partial charge on any atom is 0.348 e. The van der Waals surface area contributed by atoms with Gasteiger partial charge in [-0.1, -0.05) is 6.92 Å². The van der Waals surface area contributed by atoms with Gasteiger partial charge in [-0.05, 0) is 6.42 Å². The lowest BCUT2D eigenvalue weighted by Gasteiger charge is -2.01. The number of hydrogen-bond donors (Lipinski definition) is 2. The minimum absolute atomic E-state index is 0.0843. The van der Waals surface area contributed by atoms with Crippen molar-refractivity contribution in [3.8, 4) is 5.75 Å². The molecule has 0 unspecified atom stereocenters. The molecule has 0 aromatic carbocycles. The Morgan fingerprint density at radius 3 is 3.00 bits per heavy atom. The van der Waals surface area contributed by atoms with Crippen LogP contribution in [0.4, 0.5) is 5.69 Å². The molecule has 84 valence electrons. The monoisotopic (exact) mass is 249 g/mol. The Hall–Kier alpha value is -0.920. The minimum Gasteiger partial charge on any atom is -0.477 e. The summed E-state index contributed by atoms with van der Waals surface area (Å²) in [6, 6.07) is 0. The second-order valence-corrected chi connectivity index (χ2v) is 4.04. The Balaban J connectivity index is 2.51. The first-order chi connectivity index (χ1) is 7.16. The summed E-state index contributed by atoms with van der Waals surface area (Å²) in [4.78, 5) is 10.7. The van der Waals surface area contributed by atoms with Gasteiger partial charge in [-0.15, -0.1) is 11.3 Å². The third kappa shape index (κ3) is 3.29. The number of hydrogen-bond acceptors (Lipinski definition) is 6. The number of carboxylic acid groups (broad SMARTS) is 1. The molecule has 0 fully saturated rings. The molecule has 0 aliphatic carbocycles. The SMILES string of the molecule is CCCOSOc1csc(C(=O)O)c1N. The van der Waals surface area contributed by atoms with Crippen LogP contribution in [0.15, 0.2) is 5.38 Å². The molecule has 1 heterocycles. The average molecular weight is 249 g/mol. The highest BCUT2D eigenvalue weighted by Crippen LogP contribution is 2.34. The minimum atomic E-state index is -1.05. The Bertz CT molecular complexity index is 339. The van der Waals surface area contributed by atoms with Crippen molar-refractivity contribution in [3.63, 3.8) is 0 Å². The average Bonchev–Trinajstić information content (AvgIpc) is 2.55. The van der Waals surface area contributed by atoms with Crippen LogP contribution < -0.4 is 9.92 Å². The Morgan fingerprint density at radius 1 is 1.73 bits per heavy atom. The second kappa shape index (κ2) is 5.84. The standard InChI is InChI=1S/C8H11NO4S2/c1-2-3-12-15-13-5-4-14-7(6(5)9)8(10)11/h4H,2-3,9H2,1H3,(H,10,11). The zero-order valence-electron chi connectivity index (χ0n) is 8.06. The molecule has 0 atom stereocenters. The number of nitrogen functional groups attached to an aromatic ring is 1. The van der Waals surface area contributed by atoms with E-state index in [9.17, 15) is 4.79 Å². The Kier molecular flexibility index (Phi) is 4.73. The molecule has 0 amide bonds. The molecule has 0 spiro atoms. The number of nitrogens with two attached hydrogens (primary N) is 1. The van der Waals surface area contributed by atoms with Crippen molar-refractivity contribution in [2.24, 2.45) is 0 Å². The molecule has 0 saturated carbocycles. The molecule has 1 rings (SSSR count). The van der Waals surface area contributed by atoms with E-state index in [1.165, 1.54) is 0 Å². The Morgan fingerprint density at radius 2 is 2.47 bits per heavy atom. The molecule has 0 aliphatic rings. The van der Waals surface area contributed by atoms with E-state index in [0.717, 1.165) is 30.1 Å². The smallest absolute Gasteiger partial charge is 0.348 e. The first kappa shape index (κ1) is 12.2. The lowest BCUT2D eigenvalue weighted by Crippen LogP contribution is -1.98. The van der Waals surface area contributed by atoms with Crippen LogP contribution in [0, 0.1) is 0 Å². The lowest BCUT2D eigenvalue weighted by molar-refractivity contribution is 0.0703. The molecule has 0 aliphatic heterocycles. The van der Waals surface area contributed by atoms with Gasteiger partial charge in [0.25, 0.3) is 0 Å². The molecule has 7 heteroatoms. The van der Waals surface area contributed by atoms with Gasteiger partial charge in [0.15, 0.2) is 5.75 Å². The predicted molar refractivity (Wildman–Crippen MR) is 60.2 cm³/mol. The van der Waals surface area contributed by atoms with Gasteiger partial charge in [0.05, 0.1) is 6.61 Å². The fourth-order valence-electron chi connectivity index (χ4n) is 0.760. The summed E-state index contributed by atoms with van der Waals surface area (Å²) in [5.41, 5.74) is 5.69. The molecule has 15 heavy (non-hydrogen) atoms. The van der Waals surface area contributed by atoms with Crippen molar-refractivity contribution in [3.05, 3.63) is 10.3 Å². The number of aromatic carboxylic acids is 1. The van der Waals surface area contributed by atoms with E-state index < -0.39 is 5.97 Å². The third-order valence-electron chi connectivity index (χ3n) is 1.45. The molecular weight excluding hydrogens is 238 g/mol. The van der Waals surface area contributed by atoms with Crippen molar-refractivity contribution >= 4 is 35.3 Å². The van der Waals surface area contributed by atoms with Crippen LogP contribution in [0.2, 0.25) is 0 Å². The first-order valence-corrected chi connectivity index (χ1v) is 5.77. The summed E-state index contributed by atoms with van der Waals surface area (Å²) >= 11 is 1.83. The summed E-state index contributed by atoms with van der Waals surface area (Å²) in [7, 11) is 0. The topological polar surface area (TPSA) is 81.8 Å². The van der Waals surface area contributed by atoms with Gasteiger partial charge in [0.1, 0.15) is 10.6 Å². The lowest BCUT2D eigenvalue weighted by atomic mass is 10.4. The van der Waals surface area contributed by atoms with Crippen molar-refractivity contribution < 1.29 is 18.3 Å². The third-order valence-corrected chi connectivity index (χ3v) is 2.92. The predicted octanol–water partition coefficient (Wildman–Crippen LogP) is 2.40. The molecule has 1 aromatic rings. The van der Waals surface area contributed by atoms with Crippen molar-refractivity contribution in [1.29, 1.82) is 0 Å². The molecule has 0 radical (unpaired) electrons. The van der Waals surface area contributed by atoms with Crippen molar-refractivity contribution in [2.75, 3.05) is 12.3 Å². The van der Waals surface area contributed by atoms with Crippen LogP contribution in [0.25, 0.3) is 0 Å². The number of anilines is 1. The van der Waals surface area contributed by atoms with Crippen LogP contribution in [0.1, 0.15) is 23.0 Å². The van der Waals surface area contributed by atoms with E-state index >= 15 is 0 Å². The van der Waals surface area contributed by atoms with E-state index in [-0.39, 0.29) is 10.6 Å². The fourth-order valence-corrected chi connectivity index (χ4v) is 2.04. The highest BCUT2D eigenvalue weighted by atomic mass is 32.2. The van der Waals surface area contributed by atoms with Crippen LogP contribution in [-0.2, 0) is 4.18 Å². The molecule has 3 N–H and O–H groups in total. The van der Waals surface area contributed by atoms with Gasteiger partial charge in [0, 0.05) is 5.38 Å². The van der Waals surface area contributed by atoms with E-state index in [1.807, 2.05) is 6.92 Å². The zero-order valence-corrected chi connectivity index (χ0v) is 9.69. The van der Waals surface area contributed by atoms with Gasteiger partial charge < -0.3 is 15.0 Å². The molecule has 5 nitrogen and oxygen atoms in total. The van der Waals surface area contributed by atoms with Gasteiger partial charge >= 0.3 is 5.97 Å². The maximum atomic E-state index is 10.6. The second-order valence-electron chi connectivity index (χ2n) is 2.62. The first-order valence-electron chi connectivity index (χ1n) is 4.23. The van der Waals surface area contributed by atoms with Crippen molar-refractivity contribution in [1.82, 2.24) is 0 Å². The largest absolute Gasteiger partial charge is 0.477 e. The normalized spacial score (nSPS) is 10.2. The number of thiophene rings is 1. The van der Waals surface area contributed by atoms with E-state index in [1.54, 1.807) is 5.38 Å². The quantitative estimate of drug-likeness (QED) is 0.595. The summed E-state index contributed by atoms with van der Waals surface area (Å²) in [6.07, 6.45) is 0.885. The van der Waals surface area contributed by atoms with Crippen LogP contribution >= 0.6 is 23.7 Å². The van der Waals surface area contributed by atoms with Crippen LogP contribution in [-0.4, -0.2) is 17.7 Å². The maximum absolute atomic E-state index is 10.6. The van der Waals surface area contributed by atoms with Gasteiger partial charge in [-0.25, -0.2) is 4.79 Å². The molecule has 0 saturated heterocycles. The fraction of sp³-hybridized carbons (Fsp3) is 0.375. The van der Waals surface area contributed by atoms with Gasteiger partial charge in [-0.3, -0.25) is 4.18 Å². The Labute approximate surface area is 95.6 Å². The number of carboxylic acids is 1. The molecule has 1 aromatic heterocycles. The highest BCUT2D eigenvalue weighted by Gasteiger charge is 2.15. The summed E-state index contributed by atoms with van der Waals surface area (Å²) in [6.45, 7) is 2.54. The summed E-state index contributed by atoms with van der Waals surface area (Å²) in [5.74, 6) is -0.717. The van der Waals surface area contributed by atoms with Crippen LogP contribution in [0.5, 0.6) is 5.75 Å². The van der Waals surface area contributed by atoms with E-state index in [0.29, 0.717) is 12.4 Å². The van der Waals surface area contributed by atoms with Crippen LogP contribution in [0.3, 0.4) is 0 Å². The molecule has 0 bridgehead atoms. The van der Waals surface area contributed by atoms with E-state index in [4.69, 9.17) is 19.2 Å². The number of rotatable bonds is 6. The van der Waals surface area contributed by atoms with Gasteiger partial charge in [0.2, 0.25) is 12.3 Å². The zero-order chi connectivity index (χ0) is 11.3. The van der Waals surface area contributed by atoms with Crippen molar-refractivity contribution in [2.45, 2.75) is 13.3 Å². The molecular formula is C8H11NO4S2. The summed E-state index contributed by atoms with van der Waals surface area (Å²) in [5, 5.41) is 10.3. The number of carbonyl (C=O) groups is 1.